The minimum absolute atomic E-state index is 0. The molecule has 0 aliphatic heterocycles. The van der Waals surface area contributed by atoms with Crippen LogP contribution in [0.3, 0.4) is 0 Å². The summed E-state index contributed by atoms with van der Waals surface area (Å²) in [5.74, 6) is -0.806. The zero-order valence-corrected chi connectivity index (χ0v) is 14.6. The molecule has 0 aromatic heterocycles. The van der Waals surface area contributed by atoms with Crippen molar-refractivity contribution in [2.24, 2.45) is 0 Å². The zero-order valence-electron chi connectivity index (χ0n) is 14.6. The molecule has 5 heteroatoms. The summed E-state index contributed by atoms with van der Waals surface area (Å²) in [6.07, 6.45) is 14.4. The van der Waals surface area contributed by atoms with Crippen molar-refractivity contribution >= 4 is 41.5 Å². The van der Waals surface area contributed by atoms with Crippen LogP contribution in [0.15, 0.2) is 0 Å². The summed E-state index contributed by atoms with van der Waals surface area (Å²) >= 11 is 0. The molecule has 4 nitrogen and oxygen atoms in total. The summed E-state index contributed by atoms with van der Waals surface area (Å²) in [5.41, 5.74) is 0. The van der Waals surface area contributed by atoms with Crippen molar-refractivity contribution in [3.05, 3.63) is 0 Å². The quantitative estimate of drug-likeness (QED) is 0.214. The Morgan fingerprint density at radius 3 is 1.65 bits per heavy atom. The molecule has 0 aromatic carbocycles. The normalized spacial score (nSPS) is 10.2. The number of unbranched alkanes of at least 4 members (excludes halogenated alkanes) is 10. The van der Waals surface area contributed by atoms with Gasteiger partial charge < -0.3 is 10.1 Å². The van der Waals surface area contributed by atoms with E-state index in [9.17, 15) is 9.59 Å². The topological polar surface area (TPSA) is 55.4 Å². The summed E-state index contributed by atoms with van der Waals surface area (Å²) in [4.78, 5) is 22.6. The molecule has 1 N–H and O–H groups in total. The molecule has 0 bridgehead atoms. The van der Waals surface area contributed by atoms with Crippen LogP contribution in [0.25, 0.3) is 0 Å². The third-order valence-corrected chi connectivity index (χ3v) is 3.79. The van der Waals surface area contributed by atoms with Crippen molar-refractivity contribution < 1.29 is 14.3 Å². The van der Waals surface area contributed by atoms with E-state index in [-0.39, 0.29) is 41.9 Å². The Labute approximate surface area is 164 Å². The number of carbonyl (C=O) groups is 2. The summed E-state index contributed by atoms with van der Waals surface area (Å²) in [6.45, 7) is 2.79. The number of carbonyl (C=O) groups excluding carboxylic acids is 2. The standard InChI is InChI=1S/C18H35NO3.Na.H/c1-3-4-5-6-7-8-9-10-11-12-13-14-17(20)22-18(21)15-16-19-2;;/h19H,3-16H2,1-2H3;;. The number of nitrogens with one attached hydrogen (secondary N) is 1. The number of rotatable bonds is 15. The van der Waals surface area contributed by atoms with Crippen LogP contribution in [0.2, 0.25) is 0 Å². The third-order valence-electron chi connectivity index (χ3n) is 3.79. The first-order chi connectivity index (χ1) is 10.7. The molecule has 0 rings (SSSR count). The van der Waals surface area contributed by atoms with Gasteiger partial charge in [-0.15, -0.1) is 0 Å². The fraction of sp³-hybridized carbons (Fsp3) is 0.889. The molecule has 0 fully saturated rings. The van der Waals surface area contributed by atoms with E-state index in [4.69, 9.17) is 4.74 Å². The Hall–Kier alpha value is 0.1000. The molecule has 0 saturated heterocycles. The molecule has 23 heavy (non-hydrogen) atoms. The maximum absolute atomic E-state index is 11.4. The molecule has 0 aliphatic rings. The van der Waals surface area contributed by atoms with Crippen molar-refractivity contribution in [2.45, 2.75) is 90.4 Å². The molecule has 0 spiro atoms. The Kier molecular flexibility index (Phi) is 22.2. The SMILES string of the molecule is CCCCCCCCCCCCCC(=O)OC(=O)CCNC.[NaH]. The van der Waals surface area contributed by atoms with E-state index in [2.05, 4.69) is 12.2 Å². The number of hydrogen-bond acceptors (Lipinski definition) is 4. The molecule has 0 heterocycles. The molecule has 0 aliphatic carbocycles. The van der Waals surface area contributed by atoms with Gasteiger partial charge in [0.05, 0.1) is 6.42 Å². The van der Waals surface area contributed by atoms with E-state index < -0.39 is 5.97 Å². The van der Waals surface area contributed by atoms with Gasteiger partial charge in [-0.2, -0.15) is 0 Å². The summed E-state index contributed by atoms with van der Waals surface area (Å²) in [5, 5.41) is 2.85. The van der Waals surface area contributed by atoms with E-state index >= 15 is 0 Å². The van der Waals surface area contributed by atoms with Crippen molar-refractivity contribution in [1.29, 1.82) is 0 Å². The molecule has 0 unspecified atom stereocenters. The first-order valence-corrected chi connectivity index (χ1v) is 9.08. The first kappa shape index (κ1) is 25.3. The van der Waals surface area contributed by atoms with E-state index in [1.54, 1.807) is 7.05 Å². The van der Waals surface area contributed by atoms with Gasteiger partial charge in [0, 0.05) is 13.0 Å². The molecule has 0 amide bonds. The first-order valence-electron chi connectivity index (χ1n) is 9.08. The predicted octanol–water partition coefficient (Wildman–Crippen LogP) is 3.72. The second-order valence-corrected chi connectivity index (χ2v) is 5.99. The number of esters is 2. The van der Waals surface area contributed by atoms with Crippen LogP contribution in [0, 0.1) is 0 Å². The minimum atomic E-state index is -0.428. The van der Waals surface area contributed by atoms with E-state index in [1.165, 1.54) is 57.8 Å². The average molecular weight is 337 g/mol. The van der Waals surface area contributed by atoms with Gasteiger partial charge in [0.2, 0.25) is 0 Å². The predicted molar refractivity (Wildman–Crippen MR) is 97.9 cm³/mol. The van der Waals surface area contributed by atoms with Gasteiger partial charge in [0.1, 0.15) is 0 Å². The monoisotopic (exact) mass is 337 g/mol. The molecule has 0 aromatic rings. The van der Waals surface area contributed by atoms with Crippen LogP contribution >= 0.6 is 0 Å². The molecule has 0 atom stereocenters. The molecular formula is C18H36NNaO3. The number of hydrogen-bond donors (Lipinski definition) is 1. The Morgan fingerprint density at radius 1 is 0.739 bits per heavy atom. The zero-order chi connectivity index (χ0) is 16.5. The van der Waals surface area contributed by atoms with Gasteiger partial charge >= 0.3 is 41.5 Å². The summed E-state index contributed by atoms with van der Waals surface area (Å²) in [7, 11) is 1.76. The van der Waals surface area contributed by atoms with Crippen molar-refractivity contribution in [2.75, 3.05) is 13.6 Å². The Balaban J connectivity index is 0. The fourth-order valence-corrected chi connectivity index (χ4v) is 2.39. The van der Waals surface area contributed by atoms with Crippen LogP contribution in [0.1, 0.15) is 90.4 Å². The summed E-state index contributed by atoms with van der Waals surface area (Å²) < 4.78 is 4.73. The van der Waals surface area contributed by atoms with Gasteiger partial charge in [-0.25, -0.2) is 0 Å². The number of ether oxygens (including phenoxy) is 1. The van der Waals surface area contributed by atoms with Gasteiger partial charge in [-0.3, -0.25) is 9.59 Å². The molecule has 132 valence electrons. The van der Waals surface area contributed by atoms with E-state index in [1.807, 2.05) is 0 Å². The van der Waals surface area contributed by atoms with Crippen LogP contribution in [0.4, 0.5) is 0 Å². The van der Waals surface area contributed by atoms with Crippen LogP contribution in [0.5, 0.6) is 0 Å². The second kappa shape index (κ2) is 20.1. The molecule has 0 radical (unpaired) electrons. The molecule has 0 saturated carbocycles. The second-order valence-electron chi connectivity index (χ2n) is 5.99. The fourth-order valence-electron chi connectivity index (χ4n) is 2.39. The Bertz CT molecular complexity index is 285. The third kappa shape index (κ3) is 20.1. The van der Waals surface area contributed by atoms with Gasteiger partial charge in [0.15, 0.2) is 0 Å². The van der Waals surface area contributed by atoms with Crippen molar-refractivity contribution in [3.63, 3.8) is 0 Å². The van der Waals surface area contributed by atoms with Crippen LogP contribution in [-0.2, 0) is 14.3 Å². The van der Waals surface area contributed by atoms with E-state index in [0.29, 0.717) is 13.0 Å². The average Bonchev–Trinajstić information content (AvgIpc) is 2.50. The van der Waals surface area contributed by atoms with Crippen LogP contribution in [-0.4, -0.2) is 55.1 Å². The Morgan fingerprint density at radius 2 is 1.17 bits per heavy atom. The van der Waals surface area contributed by atoms with Crippen LogP contribution < -0.4 is 5.32 Å². The van der Waals surface area contributed by atoms with E-state index in [0.717, 1.165) is 12.8 Å². The van der Waals surface area contributed by atoms with Gasteiger partial charge in [0.25, 0.3) is 0 Å². The summed E-state index contributed by atoms with van der Waals surface area (Å²) in [6, 6.07) is 0. The van der Waals surface area contributed by atoms with Crippen molar-refractivity contribution in [1.82, 2.24) is 5.32 Å². The van der Waals surface area contributed by atoms with Gasteiger partial charge in [-0.05, 0) is 13.5 Å². The van der Waals surface area contributed by atoms with Crippen molar-refractivity contribution in [3.8, 4) is 0 Å². The maximum atomic E-state index is 11.4. The van der Waals surface area contributed by atoms with Gasteiger partial charge in [-0.1, -0.05) is 71.1 Å². The molecular weight excluding hydrogens is 301 g/mol.